The molecule has 0 saturated heterocycles. The second kappa shape index (κ2) is 7.53. The maximum atomic E-state index is 12.7. The van der Waals surface area contributed by atoms with Gasteiger partial charge in [-0.15, -0.1) is 0 Å². The topological polar surface area (TPSA) is 37.3 Å². The van der Waals surface area contributed by atoms with E-state index < -0.39 is 10.8 Å². The Hall–Kier alpha value is -1.45. The molecule has 112 valence electrons. The van der Waals surface area contributed by atoms with E-state index in [9.17, 15) is 9.32 Å². The Morgan fingerprint density at radius 3 is 2.43 bits per heavy atom. The summed E-state index contributed by atoms with van der Waals surface area (Å²) in [5.41, 5.74) is 2.12. The van der Waals surface area contributed by atoms with Gasteiger partial charge in [0.05, 0.1) is 16.9 Å². The standard InChI is InChI=1S/C18H22O2S/c1-3-6-16(19)13-15-7-4-5-8-18(15)21(20)17-11-9-14(2)10-12-17/h4-5,7-12,16,19H,3,6,13H2,1-2H3/t16-,21+/m1/s1. The van der Waals surface area contributed by atoms with E-state index in [0.717, 1.165) is 33.8 Å². The Balaban J connectivity index is 2.26. The Morgan fingerprint density at radius 1 is 1.10 bits per heavy atom. The van der Waals surface area contributed by atoms with E-state index in [1.54, 1.807) is 0 Å². The van der Waals surface area contributed by atoms with E-state index in [-0.39, 0.29) is 6.10 Å². The van der Waals surface area contributed by atoms with Crippen molar-refractivity contribution in [3.63, 3.8) is 0 Å². The first-order valence-electron chi connectivity index (χ1n) is 7.36. The molecule has 0 spiro atoms. The second-order valence-corrected chi connectivity index (χ2v) is 6.78. The Morgan fingerprint density at radius 2 is 1.76 bits per heavy atom. The summed E-state index contributed by atoms with van der Waals surface area (Å²) in [5.74, 6) is 0. The predicted octanol–water partition coefficient (Wildman–Crippen LogP) is 3.87. The SMILES string of the molecule is CCC[C@@H](O)Cc1ccccc1[S@@](=O)c1ccc(C)cc1. The molecular weight excluding hydrogens is 280 g/mol. The van der Waals surface area contributed by atoms with Crippen LogP contribution in [0.3, 0.4) is 0 Å². The average molecular weight is 302 g/mol. The highest BCUT2D eigenvalue weighted by atomic mass is 32.2. The minimum atomic E-state index is -1.20. The lowest BCUT2D eigenvalue weighted by atomic mass is 10.0. The van der Waals surface area contributed by atoms with E-state index in [4.69, 9.17) is 0 Å². The van der Waals surface area contributed by atoms with Crippen LogP contribution in [0, 0.1) is 6.92 Å². The van der Waals surface area contributed by atoms with Gasteiger partial charge in [-0.2, -0.15) is 0 Å². The summed E-state index contributed by atoms with van der Waals surface area (Å²) in [6.07, 6.45) is 1.91. The molecule has 1 N–H and O–H groups in total. The predicted molar refractivity (Wildman–Crippen MR) is 86.9 cm³/mol. The molecule has 0 aromatic heterocycles. The smallest absolute Gasteiger partial charge is 0.0852 e. The van der Waals surface area contributed by atoms with Crippen LogP contribution in [-0.2, 0) is 17.2 Å². The lowest BCUT2D eigenvalue weighted by molar-refractivity contribution is 0.163. The molecule has 21 heavy (non-hydrogen) atoms. The minimum absolute atomic E-state index is 0.369. The summed E-state index contributed by atoms with van der Waals surface area (Å²) in [5, 5.41) is 10.0. The Kier molecular flexibility index (Phi) is 5.71. The lowest BCUT2D eigenvalue weighted by Crippen LogP contribution is -2.11. The first-order chi connectivity index (χ1) is 10.1. The quantitative estimate of drug-likeness (QED) is 0.879. The molecule has 2 nitrogen and oxygen atoms in total. The van der Waals surface area contributed by atoms with Gasteiger partial charge in [-0.25, -0.2) is 4.21 Å². The molecule has 2 aromatic rings. The van der Waals surface area contributed by atoms with Crippen LogP contribution < -0.4 is 0 Å². The molecule has 0 saturated carbocycles. The molecule has 0 aliphatic rings. The first kappa shape index (κ1) is 15.9. The van der Waals surface area contributed by atoms with Gasteiger partial charge < -0.3 is 5.11 Å². The van der Waals surface area contributed by atoms with Gasteiger partial charge in [0.15, 0.2) is 0 Å². The molecule has 0 heterocycles. The molecule has 0 unspecified atom stereocenters. The molecular formula is C18H22O2S. The summed E-state index contributed by atoms with van der Waals surface area (Å²) in [6.45, 7) is 4.07. The zero-order chi connectivity index (χ0) is 15.2. The van der Waals surface area contributed by atoms with Crippen LogP contribution in [0.5, 0.6) is 0 Å². The number of hydrogen-bond acceptors (Lipinski definition) is 2. The monoisotopic (exact) mass is 302 g/mol. The second-order valence-electron chi connectivity index (χ2n) is 5.34. The highest BCUT2D eigenvalue weighted by Crippen LogP contribution is 2.22. The summed E-state index contributed by atoms with van der Waals surface area (Å²) < 4.78 is 12.7. The van der Waals surface area contributed by atoms with Crippen LogP contribution in [0.1, 0.15) is 30.9 Å². The third kappa shape index (κ3) is 4.26. The van der Waals surface area contributed by atoms with Crippen LogP contribution in [0.25, 0.3) is 0 Å². The third-order valence-corrected chi connectivity index (χ3v) is 4.98. The van der Waals surface area contributed by atoms with Gasteiger partial charge in [-0.1, -0.05) is 49.2 Å². The van der Waals surface area contributed by atoms with Crippen LogP contribution in [0.2, 0.25) is 0 Å². The van der Waals surface area contributed by atoms with Crippen molar-refractivity contribution in [3.8, 4) is 0 Å². The lowest BCUT2D eigenvalue weighted by Gasteiger charge is -2.13. The van der Waals surface area contributed by atoms with Crippen molar-refractivity contribution in [1.82, 2.24) is 0 Å². The molecule has 2 rings (SSSR count). The molecule has 2 atom stereocenters. The van der Waals surface area contributed by atoms with Crippen molar-refractivity contribution < 1.29 is 9.32 Å². The van der Waals surface area contributed by atoms with Gasteiger partial charge in [0.2, 0.25) is 0 Å². The fourth-order valence-corrected chi connectivity index (χ4v) is 3.56. The van der Waals surface area contributed by atoms with Crippen LogP contribution in [-0.4, -0.2) is 15.4 Å². The van der Waals surface area contributed by atoms with Gasteiger partial charge >= 0.3 is 0 Å². The van der Waals surface area contributed by atoms with Crippen LogP contribution >= 0.6 is 0 Å². The molecule has 0 amide bonds. The number of hydrogen-bond donors (Lipinski definition) is 1. The van der Waals surface area contributed by atoms with Crippen molar-refractivity contribution in [1.29, 1.82) is 0 Å². The normalized spacial score (nSPS) is 13.9. The molecule has 3 heteroatoms. The zero-order valence-electron chi connectivity index (χ0n) is 12.6. The van der Waals surface area contributed by atoms with E-state index >= 15 is 0 Å². The minimum Gasteiger partial charge on any atom is -0.393 e. The van der Waals surface area contributed by atoms with Gasteiger partial charge in [0.1, 0.15) is 0 Å². The number of aliphatic hydroxyl groups excluding tert-OH is 1. The first-order valence-corrected chi connectivity index (χ1v) is 8.51. The maximum Gasteiger partial charge on any atom is 0.0852 e. The fraction of sp³-hybridized carbons (Fsp3) is 0.333. The summed E-state index contributed by atoms with van der Waals surface area (Å²) in [7, 11) is -1.20. The highest BCUT2D eigenvalue weighted by Gasteiger charge is 2.14. The van der Waals surface area contributed by atoms with Crippen molar-refractivity contribution in [2.45, 2.75) is 49.0 Å². The van der Waals surface area contributed by atoms with E-state index in [0.29, 0.717) is 6.42 Å². The van der Waals surface area contributed by atoms with E-state index in [1.807, 2.05) is 55.5 Å². The number of aryl methyl sites for hydroxylation is 1. The van der Waals surface area contributed by atoms with Crippen molar-refractivity contribution >= 4 is 10.8 Å². The molecule has 0 bridgehead atoms. The number of benzene rings is 2. The fourth-order valence-electron chi connectivity index (χ4n) is 2.33. The van der Waals surface area contributed by atoms with Crippen molar-refractivity contribution in [2.24, 2.45) is 0 Å². The van der Waals surface area contributed by atoms with Gasteiger partial charge in [0.25, 0.3) is 0 Å². The third-order valence-electron chi connectivity index (χ3n) is 3.48. The van der Waals surface area contributed by atoms with Gasteiger partial charge in [-0.3, -0.25) is 0 Å². The molecule has 0 aliphatic carbocycles. The largest absolute Gasteiger partial charge is 0.393 e. The maximum absolute atomic E-state index is 12.7. The summed E-state index contributed by atoms with van der Waals surface area (Å²) >= 11 is 0. The molecule has 0 fully saturated rings. The number of rotatable bonds is 6. The van der Waals surface area contributed by atoms with Crippen molar-refractivity contribution in [3.05, 3.63) is 59.7 Å². The molecule has 0 radical (unpaired) electrons. The summed E-state index contributed by atoms with van der Waals surface area (Å²) in [6, 6.07) is 15.4. The van der Waals surface area contributed by atoms with Gasteiger partial charge in [-0.05, 0) is 43.5 Å². The molecule has 0 aliphatic heterocycles. The number of aliphatic hydroxyl groups is 1. The zero-order valence-corrected chi connectivity index (χ0v) is 13.4. The Bertz CT molecular complexity index is 605. The van der Waals surface area contributed by atoms with Crippen molar-refractivity contribution in [2.75, 3.05) is 0 Å². The Labute approximate surface area is 129 Å². The summed E-state index contributed by atoms with van der Waals surface area (Å²) in [4.78, 5) is 1.61. The van der Waals surface area contributed by atoms with E-state index in [2.05, 4.69) is 6.92 Å². The van der Waals surface area contributed by atoms with Crippen LogP contribution in [0.15, 0.2) is 58.3 Å². The van der Waals surface area contributed by atoms with E-state index in [1.165, 1.54) is 0 Å². The highest BCUT2D eigenvalue weighted by molar-refractivity contribution is 7.85. The average Bonchev–Trinajstić information content (AvgIpc) is 2.48. The van der Waals surface area contributed by atoms with Crippen LogP contribution in [0.4, 0.5) is 0 Å². The molecule has 2 aromatic carbocycles. The van der Waals surface area contributed by atoms with Gasteiger partial charge in [0, 0.05) is 9.79 Å².